The molecule has 1 fully saturated rings. The van der Waals surface area contributed by atoms with Gasteiger partial charge in [0.25, 0.3) is 5.91 Å². The Morgan fingerprint density at radius 2 is 2.16 bits per heavy atom. The standard InChI is InChI=1S/C14H19FN2OS/c1-17(2)14(6-3-7-14)9-16-13(18)10-4-5-11(15)12(19)8-10/h4-5,8,19H,3,6-7,9H2,1-2H3,(H,16,18). The Labute approximate surface area is 118 Å². The maximum atomic E-state index is 13.1. The number of hydrogen-bond donors (Lipinski definition) is 2. The van der Waals surface area contributed by atoms with Gasteiger partial charge in [-0.2, -0.15) is 0 Å². The van der Waals surface area contributed by atoms with Crippen molar-refractivity contribution in [1.29, 1.82) is 0 Å². The molecule has 5 heteroatoms. The number of nitrogens with one attached hydrogen (secondary N) is 1. The van der Waals surface area contributed by atoms with Crippen molar-refractivity contribution in [3.8, 4) is 0 Å². The van der Waals surface area contributed by atoms with Crippen molar-refractivity contribution in [2.45, 2.75) is 29.7 Å². The number of benzene rings is 1. The monoisotopic (exact) mass is 282 g/mol. The summed E-state index contributed by atoms with van der Waals surface area (Å²) in [4.78, 5) is 14.4. The Hall–Kier alpha value is -1.07. The first kappa shape index (κ1) is 14.3. The summed E-state index contributed by atoms with van der Waals surface area (Å²) in [6.07, 6.45) is 3.40. The summed E-state index contributed by atoms with van der Waals surface area (Å²) in [5, 5.41) is 2.93. The van der Waals surface area contributed by atoms with Gasteiger partial charge in [0, 0.05) is 22.5 Å². The molecule has 1 N–H and O–H groups in total. The molecule has 0 atom stereocenters. The minimum atomic E-state index is -0.413. The summed E-state index contributed by atoms with van der Waals surface area (Å²) in [7, 11) is 4.07. The first-order valence-electron chi connectivity index (χ1n) is 6.39. The molecule has 0 bridgehead atoms. The zero-order valence-corrected chi connectivity index (χ0v) is 12.1. The zero-order chi connectivity index (χ0) is 14.0. The van der Waals surface area contributed by atoms with E-state index in [4.69, 9.17) is 0 Å². The first-order valence-corrected chi connectivity index (χ1v) is 6.83. The van der Waals surface area contributed by atoms with Gasteiger partial charge in [0.2, 0.25) is 0 Å². The molecule has 104 valence electrons. The normalized spacial score (nSPS) is 17.1. The maximum absolute atomic E-state index is 13.1. The van der Waals surface area contributed by atoms with Crippen molar-refractivity contribution < 1.29 is 9.18 Å². The van der Waals surface area contributed by atoms with Crippen LogP contribution in [0.5, 0.6) is 0 Å². The minimum Gasteiger partial charge on any atom is -0.350 e. The van der Waals surface area contributed by atoms with E-state index < -0.39 is 5.82 Å². The van der Waals surface area contributed by atoms with Gasteiger partial charge in [-0.25, -0.2) is 4.39 Å². The highest BCUT2D eigenvalue weighted by molar-refractivity contribution is 7.80. The van der Waals surface area contributed by atoms with Crippen LogP contribution in [-0.4, -0.2) is 37.0 Å². The largest absolute Gasteiger partial charge is 0.350 e. The Kier molecular flexibility index (Phi) is 4.16. The molecule has 1 amide bonds. The number of carbonyl (C=O) groups excluding carboxylic acids is 1. The molecule has 0 unspecified atom stereocenters. The molecule has 0 radical (unpaired) electrons. The van der Waals surface area contributed by atoms with Crippen molar-refractivity contribution in [1.82, 2.24) is 10.2 Å². The lowest BCUT2D eigenvalue weighted by molar-refractivity contribution is 0.0557. The van der Waals surface area contributed by atoms with Crippen molar-refractivity contribution >= 4 is 18.5 Å². The summed E-state index contributed by atoms with van der Waals surface area (Å²) < 4.78 is 13.1. The minimum absolute atomic E-state index is 0.0828. The van der Waals surface area contributed by atoms with Gasteiger partial charge in [0.15, 0.2) is 0 Å². The van der Waals surface area contributed by atoms with E-state index in [1.165, 1.54) is 24.6 Å². The highest BCUT2D eigenvalue weighted by atomic mass is 32.1. The molecule has 1 aromatic rings. The Balaban J connectivity index is 1.99. The van der Waals surface area contributed by atoms with Crippen LogP contribution in [0.4, 0.5) is 4.39 Å². The summed E-state index contributed by atoms with van der Waals surface area (Å²) in [5.74, 6) is -0.591. The maximum Gasteiger partial charge on any atom is 0.251 e. The fraction of sp³-hybridized carbons (Fsp3) is 0.500. The highest BCUT2D eigenvalue weighted by Crippen LogP contribution is 2.35. The van der Waals surface area contributed by atoms with Crippen LogP contribution in [0.25, 0.3) is 0 Å². The van der Waals surface area contributed by atoms with Crippen LogP contribution in [-0.2, 0) is 0 Å². The van der Waals surface area contributed by atoms with Gasteiger partial charge < -0.3 is 10.2 Å². The van der Waals surface area contributed by atoms with Gasteiger partial charge in [0.1, 0.15) is 5.82 Å². The molecule has 0 heterocycles. The molecule has 0 aliphatic heterocycles. The van der Waals surface area contributed by atoms with Crippen molar-refractivity contribution in [2.75, 3.05) is 20.6 Å². The predicted molar refractivity (Wildman–Crippen MR) is 76.3 cm³/mol. The van der Waals surface area contributed by atoms with E-state index in [2.05, 4.69) is 22.8 Å². The van der Waals surface area contributed by atoms with E-state index in [-0.39, 0.29) is 16.3 Å². The van der Waals surface area contributed by atoms with Crippen LogP contribution in [0.1, 0.15) is 29.6 Å². The lowest BCUT2D eigenvalue weighted by Gasteiger charge is -2.47. The Bertz CT molecular complexity index is 486. The SMILES string of the molecule is CN(C)C1(CNC(=O)c2ccc(F)c(S)c2)CCC1. The second-order valence-corrected chi connectivity index (χ2v) is 5.80. The van der Waals surface area contributed by atoms with Crippen LogP contribution in [0.15, 0.2) is 23.1 Å². The van der Waals surface area contributed by atoms with Crippen LogP contribution in [0.2, 0.25) is 0 Å². The number of likely N-dealkylation sites (N-methyl/N-ethyl adjacent to an activating group) is 1. The molecule has 19 heavy (non-hydrogen) atoms. The molecule has 2 rings (SSSR count). The molecule has 1 aliphatic rings. The number of hydrogen-bond acceptors (Lipinski definition) is 3. The Morgan fingerprint density at radius 1 is 1.47 bits per heavy atom. The number of nitrogens with zero attached hydrogens (tertiary/aromatic N) is 1. The van der Waals surface area contributed by atoms with Gasteiger partial charge >= 0.3 is 0 Å². The quantitative estimate of drug-likeness (QED) is 0.831. The van der Waals surface area contributed by atoms with E-state index in [0.29, 0.717) is 12.1 Å². The predicted octanol–water partition coefficient (Wildman–Crippen LogP) is 2.33. The lowest BCUT2D eigenvalue weighted by atomic mass is 9.75. The van der Waals surface area contributed by atoms with E-state index in [0.717, 1.165) is 12.8 Å². The molecule has 0 spiro atoms. The first-order chi connectivity index (χ1) is 8.94. The van der Waals surface area contributed by atoms with Gasteiger partial charge in [-0.05, 0) is 51.6 Å². The second kappa shape index (κ2) is 5.51. The van der Waals surface area contributed by atoms with E-state index in [1.54, 1.807) is 0 Å². The summed E-state index contributed by atoms with van der Waals surface area (Å²) in [5.41, 5.74) is 0.527. The smallest absolute Gasteiger partial charge is 0.251 e. The summed E-state index contributed by atoms with van der Waals surface area (Å²) in [6.45, 7) is 0.623. The second-order valence-electron chi connectivity index (χ2n) is 5.32. The summed E-state index contributed by atoms with van der Waals surface area (Å²) in [6, 6.07) is 4.20. The number of thiol groups is 1. The van der Waals surface area contributed by atoms with Crippen molar-refractivity contribution in [3.05, 3.63) is 29.6 Å². The molecule has 1 aromatic carbocycles. The third kappa shape index (κ3) is 2.92. The van der Waals surface area contributed by atoms with Crippen molar-refractivity contribution in [2.24, 2.45) is 0 Å². The number of rotatable bonds is 4. The molecular weight excluding hydrogens is 263 g/mol. The van der Waals surface area contributed by atoms with Crippen LogP contribution >= 0.6 is 12.6 Å². The number of carbonyl (C=O) groups is 1. The molecule has 1 saturated carbocycles. The highest BCUT2D eigenvalue weighted by Gasteiger charge is 2.39. The topological polar surface area (TPSA) is 32.3 Å². The van der Waals surface area contributed by atoms with Gasteiger partial charge in [-0.1, -0.05) is 0 Å². The van der Waals surface area contributed by atoms with Gasteiger partial charge in [0.05, 0.1) is 0 Å². The van der Waals surface area contributed by atoms with Crippen LogP contribution in [0.3, 0.4) is 0 Å². The third-order valence-corrected chi connectivity index (χ3v) is 4.36. The molecule has 0 saturated heterocycles. The molecule has 1 aliphatic carbocycles. The Morgan fingerprint density at radius 3 is 2.63 bits per heavy atom. The van der Waals surface area contributed by atoms with E-state index in [9.17, 15) is 9.18 Å². The van der Waals surface area contributed by atoms with Crippen LogP contribution in [0, 0.1) is 5.82 Å². The number of halogens is 1. The van der Waals surface area contributed by atoms with E-state index >= 15 is 0 Å². The average Bonchev–Trinajstić information content (AvgIpc) is 2.30. The molecular formula is C14H19FN2OS. The third-order valence-electron chi connectivity index (χ3n) is 4.02. The van der Waals surface area contributed by atoms with Gasteiger partial charge in [-0.3, -0.25) is 4.79 Å². The fourth-order valence-corrected chi connectivity index (χ4v) is 2.58. The lowest BCUT2D eigenvalue weighted by Crippen LogP contribution is -2.57. The van der Waals surface area contributed by atoms with Crippen LogP contribution < -0.4 is 5.32 Å². The zero-order valence-electron chi connectivity index (χ0n) is 11.2. The average molecular weight is 282 g/mol. The van der Waals surface area contributed by atoms with E-state index in [1.807, 2.05) is 14.1 Å². The van der Waals surface area contributed by atoms with Crippen molar-refractivity contribution in [3.63, 3.8) is 0 Å². The molecule has 3 nitrogen and oxygen atoms in total. The summed E-state index contributed by atoms with van der Waals surface area (Å²) >= 11 is 3.99. The van der Waals surface area contributed by atoms with Gasteiger partial charge in [-0.15, -0.1) is 12.6 Å². The number of amides is 1. The molecule has 0 aromatic heterocycles. The fourth-order valence-electron chi connectivity index (χ4n) is 2.37.